The van der Waals surface area contributed by atoms with Gasteiger partial charge in [-0.3, -0.25) is 19.6 Å². The topological polar surface area (TPSA) is 111 Å². The number of carbonyl (C=O) groups excluding carboxylic acids is 1. The van der Waals surface area contributed by atoms with Gasteiger partial charge < -0.3 is 10.2 Å². The second kappa shape index (κ2) is 9.38. The van der Waals surface area contributed by atoms with E-state index in [1.807, 2.05) is 0 Å². The van der Waals surface area contributed by atoms with Crippen LogP contribution < -0.4 is 16.6 Å². The van der Waals surface area contributed by atoms with E-state index < -0.39 is 11.2 Å². The minimum atomic E-state index is -0.686. The van der Waals surface area contributed by atoms with Gasteiger partial charge in [0.15, 0.2) is 0 Å². The van der Waals surface area contributed by atoms with E-state index in [-0.39, 0.29) is 59.3 Å². The van der Waals surface area contributed by atoms with Crippen LogP contribution in [0, 0.1) is 12.7 Å². The number of aromatic nitrogens is 3. The molecule has 8 nitrogen and oxygen atoms in total. The zero-order valence-corrected chi connectivity index (χ0v) is 17.5. The van der Waals surface area contributed by atoms with Crippen molar-refractivity contribution in [2.24, 2.45) is 0 Å². The molecule has 1 aromatic carbocycles. The van der Waals surface area contributed by atoms with Gasteiger partial charge in [-0.05, 0) is 36.2 Å². The molecule has 0 bridgehead atoms. The highest BCUT2D eigenvalue weighted by molar-refractivity contribution is 5.95. The molecular weight excluding hydrogens is 436 g/mol. The highest BCUT2D eigenvalue weighted by Crippen LogP contribution is 2.25. The summed E-state index contributed by atoms with van der Waals surface area (Å²) in [6.45, 7) is 3.18. The minimum Gasteiger partial charge on any atom is -0.328 e. The number of pyridine rings is 1. The molecule has 11 heteroatoms. The number of H-pyrrole nitrogens is 2. The minimum absolute atomic E-state index is 0. The summed E-state index contributed by atoms with van der Waals surface area (Å²) < 4.78 is 13.7. The Bertz CT molecular complexity index is 1200. The Morgan fingerprint density at radius 2 is 1.97 bits per heavy atom. The largest absolute Gasteiger partial charge is 0.328 e. The van der Waals surface area contributed by atoms with E-state index in [9.17, 15) is 18.8 Å². The lowest BCUT2D eigenvalue weighted by Gasteiger charge is -2.36. The molecule has 1 saturated heterocycles. The van der Waals surface area contributed by atoms with E-state index in [4.69, 9.17) is 0 Å². The monoisotopic (exact) mass is 455 g/mol. The summed E-state index contributed by atoms with van der Waals surface area (Å²) in [5.74, 6) is -0.714. The molecule has 3 aromatic rings. The van der Waals surface area contributed by atoms with E-state index >= 15 is 0 Å². The van der Waals surface area contributed by atoms with Crippen LogP contribution in [-0.4, -0.2) is 45.4 Å². The molecule has 0 spiro atoms. The Balaban J connectivity index is 0.00000160. The van der Waals surface area contributed by atoms with Gasteiger partial charge in [0.2, 0.25) is 0 Å². The quantitative estimate of drug-likeness (QED) is 0.544. The van der Waals surface area contributed by atoms with Crippen molar-refractivity contribution in [2.75, 3.05) is 19.6 Å². The van der Waals surface area contributed by atoms with Crippen LogP contribution in [0.1, 0.15) is 27.7 Å². The molecule has 1 atom stereocenters. The fraction of sp³-hybridized carbons (Fsp3) is 0.263. The Morgan fingerprint density at radius 1 is 1.20 bits per heavy atom. The molecule has 3 heterocycles. The van der Waals surface area contributed by atoms with Gasteiger partial charge in [0.05, 0.1) is 11.4 Å². The molecule has 0 radical (unpaired) electrons. The molecule has 1 aliphatic heterocycles. The molecule has 160 valence electrons. The van der Waals surface area contributed by atoms with E-state index in [1.54, 1.807) is 24.0 Å². The van der Waals surface area contributed by atoms with Crippen molar-refractivity contribution >= 4 is 41.8 Å². The number of rotatable bonds is 2. The lowest BCUT2D eigenvalue weighted by atomic mass is 10.0. The van der Waals surface area contributed by atoms with Gasteiger partial charge in [-0.15, -0.1) is 24.8 Å². The number of hydrogen-bond donors (Lipinski definition) is 3. The van der Waals surface area contributed by atoms with Crippen molar-refractivity contribution in [3.63, 3.8) is 0 Å². The Labute approximate surface area is 182 Å². The molecule has 0 saturated carbocycles. The van der Waals surface area contributed by atoms with Crippen molar-refractivity contribution in [3.8, 4) is 0 Å². The van der Waals surface area contributed by atoms with Crippen molar-refractivity contribution in [1.82, 2.24) is 25.2 Å². The summed E-state index contributed by atoms with van der Waals surface area (Å²) in [4.78, 5) is 47.3. The number of nitrogens with one attached hydrogen (secondary N) is 3. The first-order valence-corrected chi connectivity index (χ1v) is 8.85. The van der Waals surface area contributed by atoms with E-state index in [1.165, 1.54) is 18.2 Å². The number of benzene rings is 1. The first-order valence-electron chi connectivity index (χ1n) is 8.85. The molecular formula is C19H20Cl2FN5O3. The van der Waals surface area contributed by atoms with Gasteiger partial charge >= 0.3 is 5.69 Å². The van der Waals surface area contributed by atoms with Crippen LogP contribution in [0.15, 0.2) is 39.9 Å². The zero-order chi connectivity index (χ0) is 19.8. The lowest BCUT2D eigenvalue weighted by Crippen LogP contribution is -2.49. The molecule has 1 unspecified atom stereocenters. The summed E-state index contributed by atoms with van der Waals surface area (Å²) in [6, 6.07) is 7.33. The average molecular weight is 456 g/mol. The highest BCUT2D eigenvalue weighted by Gasteiger charge is 2.30. The maximum Gasteiger partial charge on any atom is 0.327 e. The molecule has 2 aromatic heterocycles. The smallest absolute Gasteiger partial charge is 0.327 e. The van der Waals surface area contributed by atoms with E-state index in [2.05, 4.69) is 20.3 Å². The highest BCUT2D eigenvalue weighted by atomic mass is 35.5. The fourth-order valence-electron chi connectivity index (χ4n) is 3.57. The Hall–Kier alpha value is -2.75. The number of aromatic amines is 2. The van der Waals surface area contributed by atoms with Crippen LogP contribution in [0.5, 0.6) is 0 Å². The van der Waals surface area contributed by atoms with Crippen molar-refractivity contribution in [2.45, 2.75) is 13.0 Å². The number of nitrogens with zero attached hydrogens (tertiary/aromatic N) is 2. The number of halogens is 3. The van der Waals surface area contributed by atoms with Crippen LogP contribution in [0.4, 0.5) is 4.39 Å². The van der Waals surface area contributed by atoms with Gasteiger partial charge in [0, 0.05) is 19.6 Å². The van der Waals surface area contributed by atoms with Crippen molar-refractivity contribution in [3.05, 3.63) is 73.8 Å². The first-order chi connectivity index (χ1) is 13.4. The number of piperazine rings is 1. The lowest BCUT2D eigenvalue weighted by molar-refractivity contribution is 0.0628. The molecule has 1 fully saturated rings. The molecule has 4 rings (SSSR count). The van der Waals surface area contributed by atoms with E-state index in [0.717, 1.165) is 0 Å². The normalized spacial score (nSPS) is 15.9. The number of carbonyl (C=O) groups is 1. The summed E-state index contributed by atoms with van der Waals surface area (Å²) in [5, 5.41) is 3.45. The summed E-state index contributed by atoms with van der Waals surface area (Å²) in [5.41, 5.74) is 0.159. The van der Waals surface area contributed by atoms with Crippen LogP contribution in [0.3, 0.4) is 0 Å². The van der Waals surface area contributed by atoms with Gasteiger partial charge in [-0.25, -0.2) is 14.2 Å². The standard InChI is InChI=1S/C19H18FN5O3.2ClH/c1-10-7-13(22-16-15(10)17(26)24-19(28)23-16)18(27)25-6-5-21-9-14(25)11-3-2-4-12(20)8-11;;/h2-4,7-8,14,21H,5-6,9H2,1H3,(H2,22,23,24,26,28);2*1H. The van der Waals surface area contributed by atoms with Crippen LogP contribution >= 0.6 is 24.8 Å². The van der Waals surface area contributed by atoms with E-state index in [0.29, 0.717) is 30.8 Å². The van der Waals surface area contributed by atoms with Crippen LogP contribution in [0.25, 0.3) is 11.0 Å². The number of amides is 1. The van der Waals surface area contributed by atoms with Crippen LogP contribution in [0.2, 0.25) is 0 Å². The maximum atomic E-state index is 13.7. The molecule has 1 amide bonds. The van der Waals surface area contributed by atoms with Gasteiger partial charge in [0.1, 0.15) is 17.2 Å². The molecule has 3 N–H and O–H groups in total. The molecule has 0 aliphatic carbocycles. The summed E-state index contributed by atoms with van der Waals surface area (Å²) >= 11 is 0. The van der Waals surface area contributed by atoms with Gasteiger partial charge in [0.25, 0.3) is 11.5 Å². The maximum absolute atomic E-state index is 13.7. The number of hydrogen-bond acceptors (Lipinski definition) is 5. The first kappa shape index (κ1) is 23.5. The number of aryl methyl sites for hydroxylation is 1. The van der Waals surface area contributed by atoms with Gasteiger partial charge in [-0.2, -0.15) is 0 Å². The van der Waals surface area contributed by atoms with Crippen molar-refractivity contribution < 1.29 is 9.18 Å². The summed E-state index contributed by atoms with van der Waals surface area (Å²) in [7, 11) is 0. The van der Waals surface area contributed by atoms with Crippen molar-refractivity contribution in [1.29, 1.82) is 0 Å². The number of fused-ring (bicyclic) bond motifs is 1. The second-order valence-electron chi connectivity index (χ2n) is 6.73. The average Bonchev–Trinajstić information content (AvgIpc) is 2.66. The predicted molar refractivity (Wildman–Crippen MR) is 115 cm³/mol. The predicted octanol–water partition coefficient (Wildman–Crippen LogP) is 1.69. The fourth-order valence-corrected chi connectivity index (χ4v) is 3.57. The SMILES string of the molecule is Cc1cc(C(=O)N2CCNCC2c2cccc(F)c2)nc2[nH]c(=O)[nH]c(=O)c12.Cl.Cl. The summed E-state index contributed by atoms with van der Waals surface area (Å²) in [6.07, 6.45) is 0. The zero-order valence-electron chi connectivity index (χ0n) is 15.9. The third kappa shape index (κ3) is 4.38. The third-order valence-electron chi connectivity index (χ3n) is 4.86. The third-order valence-corrected chi connectivity index (χ3v) is 4.86. The molecule has 30 heavy (non-hydrogen) atoms. The molecule has 1 aliphatic rings. The van der Waals surface area contributed by atoms with Crippen LogP contribution in [-0.2, 0) is 0 Å². The Morgan fingerprint density at radius 3 is 2.70 bits per heavy atom. The second-order valence-corrected chi connectivity index (χ2v) is 6.73. The Kier molecular flexibility index (Phi) is 7.35. The van der Waals surface area contributed by atoms with Gasteiger partial charge in [-0.1, -0.05) is 12.1 Å².